The van der Waals surface area contributed by atoms with E-state index in [0.717, 1.165) is 33.0 Å². The first-order chi connectivity index (χ1) is 10.3. The van der Waals surface area contributed by atoms with E-state index in [0.29, 0.717) is 0 Å². The highest BCUT2D eigenvalue weighted by molar-refractivity contribution is 7.10. The van der Waals surface area contributed by atoms with Crippen LogP contribution in [0.3, 0.4) is 0 Å². The van der Waals surface area contributed by atoms with E-state index in [9.17, 15) is 0 Å². The first-order valence-electron chi connectivity index (χ1n) is 6.57. The molecular weight excluding hydrogens is 280 g/mol. The molecule has 2 aromatic carbocycles. The number of hydrogen-bond donors (Lipinski definition) is 1. The third-order valence-electron chi connectivity index (χ3n) is 3.39. The molecule has 21 heavy (non-hydrogen) atoms. The monoisotopic (exact) mass is 292 g/mol. The number of benzene rings is 2. The molecule has 4 nitrogen and oxygen atoms in total. The summed E-state index contributed by atoms with van der Waals surface area (Å²) in [6.45, 7) is 0. The van der Waals surface area contributed by atoms with Gasteiger partial charge in [-0.1, -0.05) is 12.1 Å². The zero-order valence-corrected chi connectivity index (χ0v) is 11.9. The molecule has 0 bridgehead atoms. The lowest BCUT2D eigenvalue weighted by Crippen LogP contribution is -1.94. The molecule has 0 fully saturated rings. The summed E-state index contributed by atoms with van der Waals surface area (Å²) in [4.78, 5) is 4.48. The molecule has 0 saturated heterocycles. The van der Waals surface area contributed by atoms with Crippen LogP contribution in [-0.4, -0.2) is 13.9 Å². The normalized spacial score (nSPS) is 11.0. The fourth-order valence-electron chi connectivity index (χ4n) is 2.36. The van der Waals surface area contributed by atoms with Gasteiger partial charge >= 0.3 is 0 Å². The summed E-state index contributed by atoms with van der Waals surface area (Å²) in [6.07, 6.45) is 3.77. The molecule has 0 aliphatic carbocycles. The van der Waals surface area contributed by atoms with Crippen LogP contribution in [0, 0.1) is 0 Å². The van der Waals surface area contributed by atoms with Crippen molar-refractivity contribution in [1.29, 1.82) is 0 Å². The molecule has 2 N–H and O–H groups in total. The number of imidazole rings is 1. The number of nitrogens with two attached hydrogens (primary N) is 1. The predicted octanol–water partition coefficient (Wildman–Crippen LogP) is 3.73. The zero-order chi connectivity index (χ0) is 14.2. The van der Waals surface area contributed by atoms with Gasteiger partial charge in [-0.3, -0.25) is 4.57 Å². The van der Waals surface area contributed by atoms with Crippen LogP contribution in [-0.2, 0) is 0 Å². The third kappa shape index (κ3) is 1.98. The van der Waals surface area contributed by atoms with Crippen molar-refractivity contribution in [1.82, 2.24) is 13.9 Å². The third-order valence-corrected chi connectivity index (χ3v) is 4.27. The highest BCUT2D eigenvalue weighted by Crippen LogP contribution is 2.30. The maximum atomic E-state index is 5.75. The largest absolute Gasteiger partial charge is 0.399 e. The van der Waals surface area contributed by atoms with Crippen molar-refractivity contribution in [3.8, 4) is 16.4 Å². The number of rotatable bonds is 2. The molecule has 0 radical (unpaired) electrons. The van der Waals surface area contributed by atoms with E-state index in [2.05, 4.69) is 20.0 Å². The second kappa shape index (κ2) is 4.71. The Morgan fingerprint density at radius 2 is 1.81 bits per heavy atom. The Bertz CT molecular complexity index is 905. The van der Waals surface area contributed by atoms with E-state index in [4.69, 9.17) is 5.73 Å². The van der Waals surface area contributed by atoms with E-state index in [-0.39, 0.29) is 0 Å². The minimum atomic E-state index is 0.750. The topological polar surface area (TPSA) is 56.7 Å². The molecule has 4 aromatic rings. The number of nitrogen functional groups attached to an aromatic ring is 1. The van der Waals surface area contributed by atoms with Crippen molar-refractivity contribution in [3.05, 3.63) is 60.9 Å². The first-order valence-corrected chi connectivity index (χ1v) is 7.34. The number of aromatic nitrogens is 3. The Hall–Kier alpha value is -2.66. The van der Waals surface area contributed by atoms with Crippen molar-refractivity contribution >= 4 is 28.1 Å². The smallest absolute Gasteiger partial charge is 0.145 e. The highest BCUT2D eigenvalue weighted by atomic mass is 32.1. The number of nitrogens with zero attached hydrogens (tertiary/aromatic N) is 3. The van der Waals surface area contributed by atoms with Gasteiger partial charge in [-0.2, -0.15) is 4.37 Å². The fraction of sp³-hybridized carbons (Fsp3) is 0. The van der Waals surface area contributed by atoms with Crippen LogP contribution in [0.5, 0.6) is 0 Å². The second-order valence-corrected chi connectivity index (χ2v) is 5.50. The van der Waals surface area contributed by atoms with Crippen molar-refractivity contribution in [2.45, 2.75) is 0 Å². The van der Waals surface area contributed by atoms with E-state index in [1.807, 2.05) is 48.7 Å². The maximum Gasteiger partial charge on any atom is 0.145 e. The summed E-state index contributed by atoms with van der Waals surface area (Å²) in [5.41, 5.74) is 8.54. The van der Waals surface area contributed by atoms with E-state index < -0.39 is 0 Å². The molecule has 102 valence electrons. The molecule has 5 heteroatoms. The Balaban J connectivity index is 1.91. The molecule has 2 aromatic heterocycles. The summed E-state index contributed by atoms with van der Waals surface area (Å²) in [7, 11) is 0. The van der Waals surface area contributed by atoms with Gasteiger partial charge in [0.15, 0.2) is 0 Å². The summed E-state index contributed by atoms with van der Waals surface area (Å²) < 4.78 is 6.57. The average molecular weight is 292 g/mol. The van der Waals surface area contributed by atoms with Gasteiger partial charge in [0.25, 0.3) is 0 Å². The predicted molar refractivity (Wildman–Crippen MR) is 86.6 cm³/mol. The quantitative estimate of drug-likeness (QED) is 0.573. The van der Waals surface area contributed by atoms with Crippen molar-refractivity contribution in [3.63, 3.8) is 0 Å². The van der Waals surface area contributed by atoms with Gasteiger partial charge in [-0.15, -0.1) is 0 Å². The average Bonchev–Trinajstić information content (AvgIpc) is 3.14. The van der Waals surface area contributed by atoms with Crippen LogP contribution in [0.15, 0.2) is 60.9 Å². The fourth-order valence-corrected chi connectivity index (χ4v) is 3.21. The zero-order valence-electron chi connectivity index (χ0n) is 11.1. The molecule has 0 spiro atoms. The minimum absolute atomic E-state index is 0.750. The van der Waals surface area contributed by atoms with Gasteiger partial charge < -0.3 is 5.73 Å². The van der Waals surface area contributed by atoms with Crippen LogP contribution in [0.4, 0.5) is 5.69 Å². The minimum Gasteiger partial charge on any atom is -0.399 e. The van der Waals surface area contributed by atoms with E-state index >= 15 is 0 Å². The molecule has 0 saturated carbocycles. The van der Waals surface area contributed by atoms with Crippen LogP contribution in [0.25, 0.3) is 27.3 Å². The van der Waals surface area contributed by atoms with Gasteiger partial charge in [-0.05, 0) is 47.9 Å². The molecule has 0 unspecified atom stereocenters. The lowest BCUT2D eigenvalue weighted by atomic mass is 10.2. The number of hydrogen-bond acceptors (Lipinski definition) is 4. The summed E-state index contributed by atoms with van der Waals surface area (Å²) in [5.74, 6) is 0.893. The molecule has 4 rings (SSSR count). The maximum absolute atomic E-state index is 5.75. The highest BCUT2D eigenvalue weighted by Gasteiger charge is 2.12. The van der Waals surface area contributed by atoms with E-state index in [1.54, 1.807) is 6.20 Å². The van der Waals surface area contributed by atoms with Crippen molar-refractivity contribution < 1.29 is 0 Å². The van der Waals surface area contributed by atoms with Gasteiger partial charge in [0, 0.05) is 29.0 Å². The van der Waals surface area contributed by atoms with Crippen LogP contribution >= 0.6 is 11.5 Å². The van der Waals surface area contributed by atoms with E-state index in [1.165, 1.54) is 11.5 Å². The Labute approximate surface area is 125 Å². The Kier molecular flexibility index (Phi) is 2.72. The summed E-state index contributed by atoms with van der Waals surface area (Å²) in [6, 6.07) is 15.9. The number of anilines is 1. The molecular formula is C16H12N4S. The molecule has 0 aliphatic heterocycles. The van der Waals surface area contributed by atoms with Crippen LogP contribution in [0.1, 0.15) is 0 Å². The van der Waals surface area contributed by atoms with Crippen molar-refractivity contribution in [2.24, 2.45) is 0 Å². The van der Waals surface area contributed by atoms with Gasteiger partial charge in [0.2, 0.25) is 0 Å². The van der Waals surface area contributed by atoms with Gasteiger partial charge in [0.1, 0.15) is 10.8 Å². The Morgan fingerprint density at radius 1 is 1.00 bits per heavy atom. The van der Waals surface area contributed by atoms with Crippen LogP contribution in [0.2, 0.25) is 0 Å². The second-order valence-electron chi connectivity index (χ2n) is 4.75. The SMILES string of the molecule is Nc1ccc(-c2nccn2-c2snc3ccccc23)cc1. The van der Waals surface area contributed by atoms with Crippen molar-refractivity contribution in [2.75, 3.05) is 5.73 Å². The van der Waals surface area contributed by atoms with Gasteiger partial charge in [0.05, 0.1) is 5.52 Å². The lowest BCUT2D eigenvalue weighted by molar-refractivity contribution is 1.10. The molecule has 0 aliphatic rings. The Morgan fingerprint density at radius 3 is 2.67 bits per heavy atom. The summed E-state index contributed by atoms with van der Waals surface area (Å²) in [5, 5.41) is 2.21. The molecule has 0 amide bonds. The summed E-state index contributed by atoms with van der Waals surface area (Å²) >= 11 is 1.48. The molecule has 0 atom stereocenters. The first kappa shape index (κ1) is 12.1. The number of fused-ring (bicyclic) bond motifs is 1. The lowest BCUT2D eigenvalue weighted by Gasteiger charge is -2.06. The molecule has 2 heterocycles. The van der Waals surface area contributed by atoms with Crippen LogP contribution < -0.4 is 5.73 Å². The van der Waals surface area contributed by atoms with Gasteiger partial charge in [-0.25, -0.2) is 4.98 Å². The standard InChI is InChI=1S/C16H12N4S/c17-12-7-5-11(6-8-12)15-18-9-10-20(15)16-13-3-1-2-4-14(13)19-21-16/h1-10H,17H2.